The summed E-state index contributed by atoms with van der Waals surface area (Å²) in [7, 11) is 0. The van der Waals surface area contributed by atoms with Gasteiger partial charge in [0.05, 0.1) is 0 Å². The topological polar surface area (TPSA) is 29.1 Å². The lowest BCUT2D eigenvalue weighted by molar-refractivity contribution is -0.116. The van der Waals surface area contributed by atoms with Crippen molar-refractivity contribution >= 4 is 22.2 Å². The average Bonchev–Trinajstić information content (AvgIpc) is 2.67. The molecule has 0 amide bonds. The number of carbonyl (C=O) groups is 1. The van der Waals surface area contributed by atoms with Gasteiger partial charge in [-0.3, -0.25) is 4.79 Å². The maximum atomic E-state index is 14.8. The van der Waals surface area contributed by atoms with Gasteiger partial charge in [0.25, 0.3) is 0 Å². The van der Waals surface area contributed by atoms with Gasteiger partial charge in [-0.05, 0) is 41.3 Å². The second-order valence-corrected chi connectivity index (χ2v) is 7.14. The quantitative estimate of drug-likeness (QED) is 0.604. The molecular formula is C23H17F2NO. The van der Waals surface area contributed by atoms with Crippen LogP contribution in [0.2, 0.25) is 0 Å². The number of nitrogens with one attached hydrogen (secondary N) is 1. The van der Waals surface area contributed by atoms with Gasteiger partial charge in [-0.2, -0.15) is 0 Å². The Morgan fingerprint density at radius 2 is 1.81 bits per heavy atom. The van der Waals surface area contributed by atoms with Crippen LogP contribution < -0.4 is 5.32 Å². The van der Waals surface area contributed by atoms with Gasteiger partial charge in [-0.15, -0.1) is 0 Å². The number of rotatable bonds is 1. The summed E-state index contributed by atoms with van der Waals surface area (Å²) in [6, 6.07) is 15.5. The summed E-state index contributed by atoms with van der Waals surface area (Å²) in [4.78, 5) is 12.8. The lowest BCUT2D eigenvalue weighted by Crippen LogP contribution is -2.27. The number of carbonyl (C=O) groups excluding carboxylic acids is 1. The minimum atomic E-state index is -0.619. The monoisotopic (exact) mass is 361 g/mol. The largest absolute Gasteiger partial charge is 0.358 e. The molecule has 0 bridgehead atoms. The number of halogens is 2. The van der Waals surface area contributed by atoms with Crippen molar-refractivity contribution in [1.29, 1.82) is 0 Å². The molecule has 0 spiro atoms. The van der Waals surface area contributed by atoms with Gasteiger partial charge >= 0.3 is 0 Å². The maximum Gasteiger partial charge on any atom is 0.161 e. The number of anilines is 1. The average molecular weight is 361 g/mol. The Bertz CT molecular complexity index is 1130. The number of hydrogen-bond acceptors (Lipinski definition) is 2. The number of fused-ring (bicyclic) bond motifs is 3. The molecule has 4 heteroatoms. The number of hydrogen-bond donors (Lipinski definition) is 1. The van der Waals surface area contributed by atoms with Crippen LogP contribution >= 0.6 is 0 Å². The molecular weight excluding hydrogens is 344 g/mol. The van der Waals surface area contributed by atoms with Crippen LogP contribution in [0.5, 0.6) is 0 Å². The first kappa shape index (κ1) is 16.2. The first-order valence-corrected chi connectivity index (χ1v) is 9.13. The molecule has 3 aromatic carbocycles. The molecule has 27 heavy (non-hydrogen) atoms. The third kappa shape index (κ3) is 2.47. The van der Waals surface area contributed by atoms with E-state index in [0.29, 0.717) is 17.6 Å². The van der Waals surface area contributed by atoms with Gasteiger partial charge in [0.15, 0.2) is 5.78 Å². The molecule has 1 aliphatic heterocycles. The van der Waals surface area contributed by atoms with E-state index in [1.165, 1.54) is 12.1 Å². The zero-order valence-corrected chi connectivity index (χ0v) is 14.6. The molecule has 3 aromatic rings. The van der Waals surface area contributed by atoms with Crippen molar-refractivity contribution in [3.63, 3.8) is 0 Å². The highest BCUT2D eigenvalue weighted by Gasteiger charge is 2.37. The zero-order valence-electron chi connectivity index (χ0n) is 14.6. The number of Topliss-reactive ketones (excluding diaryl/α,β-unsaturated/α-hetero) is 1. The lowest BCUT2D eigenvalue weighted by Gasteiger charge is -2.35. The van der Waals surface area contributed by atoms with Gasteiger partial charge in [-0.25, -0.2) is 8.78 Å². The molecule has 1 aliphatic carbocycles. The van der Waals surface area contributed by atoms with E-state index < -0.39 is 17.6 Å². The van der Waals surface area contributed by atoms with E-state index in [1.807, 2.05) is 36.4 Å². The fourth-order valence-electron chi connectivity index (χ4n) is 4.40. The maximum absolute atomic E-state index is 14.8. The van der Waals surface area contributed by atoms with E-state index in [2.05, 4.69) is 5.32 Å². The molecule has 5 rings (SSSR count). The van der Waals surface area contributed by atoms with Crippen molar-refractivity contribution < 1.29 is 13.6 Å². The Morgan fingerprint density at radius 3 is 2.67 bits per heavy atom. The molecule has 1 heterocycles. The van der Waals surface area contributed by atoms with Crippen molar-refractivity contribution in [3.8, 4) is 0 Å². The van der Waals surface area contributed by atoms with Gasteiger partial charge < -0.3 is 5.32 Å². The van der Waals surface area contributed by atoms with Crippen LogP contribution in [-0.4, -0.2) is 5.78 Å². The predicted octanol–water partition coefficient (Wildman–Crippen LogP) is 5.68. The fourth-order valence-corrected chi connectivity index (χ4v) is 4.40. The van der Waals surface area contributed by atoms with Gasteiger partial charge in [0, 0.05) is 40.9 Å². The summed E-state index contributed by atoms with van der Waals surface area (Å²) < 4.78 is 28.4. The lowest BCUT2D eigenvalue weighted by atomic mass is 9.74. The molecule has 2 nitrogen and oxygen atoms in total. The Kier molecular flexibility index (Phi) is 3.61. The van der Waals surface area contributed by atoms with E-state index in [0.717, 1.165) is 46.6 Å². The summed E-state index contributed by atoms with van der Waals surface area (Å²) in [5, 5.41) is 5.41. The van der Waals surface area contributed by atoms with E-state index >= 15 is 0 Å². The second kappa shape index (κ2) is 6.02. The van der Waals surface area contributed by atoms with E-state index in [4.69, 9.17) is 0 Å². The third-order valence-electron chi connectivity index (χ3n) is 5.56. The third-order valence-corrected chi connectivity index (χ3v) is 5.56. The zero-order chi connectivity index (χ0) is 18.5. The molecule has 1 unspecified atom stereocenters. The summed E-state index contributed by atoms with van der Waals surface area (Å²) in [6.07, 6.45) is 2.00. The highest BCUT2D eigenvalue weighted by molar-refractivity contribution is 6.04. The van der Waals surface area contributed by atoms with Crippen LogP contribution in [0.4, 0.5) is 14.5 Å². The SMILES string of the molecule is O=C1CCCC2=C1C(c1ccc(F)cc1F)c1c(ccc3ccccc13)N2. The van der Waals surface area contributed by atoms with Crippen LogP contribution in [0.15, 0.2) is 65.9 Å². The van der Waals surface area contributed by atoms with Crippen molar-refractivity contribution in [2.75, 3.05) is 5.32 Å². The number of allylic oxidation sites excluding steroid dienone is 2. The normalized spacial score (nSPS) is 18.9. The van der Waals surface area contributed by atoms with E-state index in [-0.39, 0.29) is 5.78 Å². The highest BCUT2D eigenvalue weighted by Crippen LogP contribution is 2.48. The van der Waals surface area contributed by atoms with Crippen LogP contribution in [0.3, 0.4) is 0 Å². The first-order valence-electron chi connectivity index (χ1n) is 9.13. The molecule has 0 saturated heterocycles. The molecule has 1 atom stereocenters. The van der Waals surface area contributed by atoms with Gasteiger partial charge in [0.2, 0.25) is 0 Å². The molecule has 134 valence electrons. The number of benzene rings is 3. The van der Waals surface area contributed by atoms with Gasteiger partial charge in [0.1, 0.15) is 11.6 Å². The van der Waals surface area contributed by atoms with E-state index in [1.54, 1.807) is 0 Å². The van der Waals surface area contributed by atoms with Crippen molar-refractivity contribution in [2.45, 2.75) is 25.2 Å². The summed E-state index contributed by atoms with van der Waals surface area (Å²) in [6.45, 7) is 0. The Morgan fingerprint density at radius 1 is 0.963 bits per heavy atom. The Labute approximate surface area is 155 Å². The minimum absolute atomic E-state index is 0.0380. The number of ketones is 1. The van der Waals surface area contributed by atoms with Crippen LogP contribution in [-0.2, 0) is 4.79 Å². The first-order chi connectivity index (χ1) is 13.1. The standard InChI is InChI=1S/C23H17F2NO/c24-14-9-10-16(17(25)12-14)22-21-15-5-2-1-4-13(15)8-11-19(21)26-18-6-3-7-20(27)23(18)22/h1-2,4-5,8-12,22,26H,3,6-7H2. The fraction of sp³-hybridized carbons (Fsp3) is 0.174. The smallest absolute Gasteiger partial charge is 0.161 e. The minimum Gasteiger partial charge on any atom is -0.358 e. The van der Waals surface area contributed by atoms with Crippen molar-refractivity contribution in [2.24, 2.45) is 0 Å². The molecule has 2 aliphatic rings. The predicted molar refractivity (Wildman–Crippen MR) is 102 cm³/mol. The van der Waals surface area contributed by atoms with Gasteiger partial charge in [-0.1, -0.05) is 36.4 Å². The molecule has 0 saturated carbocycles. The molecule has 0 aromatic heterocycles. The second-order valence-electron chi connectivity index (χ2n) is 7.14. The summed E-state index contributed by atoms with van der Waals surface area (Å²) >= 11 is 0. The van der Waals surface area contributed by atoms with Crippen LogP contribution in [0.1, 0.15) is 36.3 Å². The highest BCUT2D eigenvalue weighted by atomic mass is 19.1. The van der Waals surface area contributed by atoms with E-state index in [9.17, 15) is 13.6 Å². The summed E-state index contributed by atoms with van der Waals surface area (Å²) in [5.74, 6) is -1.73. The summed E-state index contributed by atoms with van der Waals surface area (Å²) in [5.41, 5.74) is 3.60. The molecule has 0 radical (unpaired) electrons. The Balaban J connectivity index is 1.86. The van der Waals surface area contributed by atoms with Crippen molar-refractivity contribution in [1.82, 2.24) is 0 Å². The van der Waals surface area contributed by atoms with Crippen LogP contribution in [0, 0.1) is 11.6 Å². The Hall–Kier alpha value is -3.01. The molecule has 1 N–H and O–H groups in total. The molecule has 0 fully saturated rings. The van der Waals surface area contributed by atoms with Crippen LogP contribution in [0.25, 0.3) is 10.8 Å². The van der Waals surface area contributed by atoms with Crippen molar-refractivity contribution in [3.05, 3.63) is 88.6 Å².